The zero-order chi connectivity index (χ0) is 13.8. The number of methoxy groups -OCH3 is 1. The van der Waals surface area contributed by atoms with Gasteiger partial charge in [-0.1, -0.05) is 6.92 Å². The number of rotatable bonds is 4. The molecule has 1 unspecified atom stereocenters. The number of aromatic nitrogens is 1. The average Bonchev–Trinajstić information content (AvgIpc) is 2.79. The van der Waals surface area contributed by atoms with Crippen LogP contribution in [0.1, 0.15) is 30.1 Å². The lowest BCUT2D eigenvalue weighted by Gasteiger charge is -2.32. The van der Waals surface area contributed by atoms with Crippen molar-refractivity contribution >= 4 is 28.3 Å². The van der Waals surface area contributed by atoms with E-state index in [2.05, 4.69) is 21.5 Å². The molecule has 0 radical (unpaired) electrons. The summed E-state index contributed by atoms with van der Waals surface area (Å²) in [6.45, 7) is 5.33. The molecule has 6 nitrogen and oxygen atoms in total. The second-order valence-corrected chi connectivity index (χ2v) is 5.41. The molecule has 0 amide bonds. The first-order valence-electron chi connectivity index (χ1n) is 6.48. The molecule has 106 valence electrons. The van der Waals surface area contributed by atoms with Gasteiger partial charge in [0.25, 0.3) is 0 Å². The molecule has 1 atom stereocenters. The van der Waals surface area contributed by atoms with Crippen LogP contribution in [-0.4, -0.2) is 48.0 Å². The van der Waals surface area contributed by atoms with Crippen LogP contribution in [0, 0.1) is 0 Å². The molecule has 1 aromatic heterocycles. The molecule has 0 aromatic carbocycles. The molecule has 1 aliphatic heterocycles. The van der Waals surface area contributed by atoms with Crippen molar-refractivity contribution in [2.24, 2.45) is 0 Å². The molecule has 0 bridgehead atoms. The molecule has 3 N–H and O–H groups in total. The maximum absolute atomic E-state index is 11.7. The van der Waals surface area contributed by atoms with E-state index in [1.807, 2.05) is 0 Å². The maximum Gasteiger partial charge on any atom is 0.344 e. The Kier molecular flexibility index (Phi) is 4.60. The Hall–Kier alpha value is -1.34. The minimum Gasteiger partial charge on any atom is -0.465 e. The number of piperidine rings is 1. The summed E-state index contributed by atoms with van der Waals surface area (Å²) in [5.74, 6) is -0.195. The van der Waals surface area contributed by atoms with Crippen LogP contribution in [0.3, 0.4) is 0 Å². The molecule has 1 aromatic rings. The fourth-order valence-corrected chi connectivity index (χ4v) is 3.13. The number of nitrogens with zero attached hydrogens (tertiary/aromatic N) is 2. The minimum atomic E-state index is -0.433. The summed E-state index contributed by atoms with van der Waals surface area (Å²) in [6.07, 6.45) is 2.25. The molecule has 1 aliphatic rings. The molecule has 7 heteroatoms. The van der Waals surface area contributed by atoms with E-state index >= 15 is 0 Å². The Labute approximate surface area is 117 Å². The van der Waals surface area contributed by atoms with Gasteiger partial charge in [-0.05, 0) is 37.5 Å². The van der Waals surface area contributed by atoms with E-state index in [9.17, 15) is 4.79 Å². The van der Waals surface area contributed by atoms with E-state index in [0.717, 1.165) is 32.5 Å². The number of hydrogen-bond acceptors (Lipinski definition) is 7. The van der Waals surface area contributed by atoms with Gasteiger partial charge in [0.2, 0.25) is 0 Å². The quantitative estimate of drug-likeness (QED) is 0.814. The van der Waals surface area contributed by atoms with Crippen LogP contribution in [0.15, 0.2) is 0 Å². The number of carbonyl (C=O) groups excluding carboxylic acids is 1. The van der Waals surface area contributed by atoms with Gasteiger partial charge in [-0.3, -0.25) is 0 Å². The summed E-state index contributed by atoms with van der Waals surface area (Å²) in [5.41, 5.74) is 6.09. The van der Waals surface area contributed by atoms with Crippen LogP contribution in [0.5, 0.6) is 0 Å². The standard InChI is InChI=1S/C12H20N4O2S/c1-3-16-6-4-5-8(7-16)14-11-9(12(17)18-2)10(13)15-19-11/h8,14H,3-7H2,1-2H3,(H2,13,15). The average molecular weight is 284 g/mol. The highest BCUT2D eigenvalue weighted by atomic mass is 32.1. The Bertz CT molecular complexity index is 449. The van der Waals surface area contributed by atoms with Gasteiger partial charge in [0.05, 0.1) is 7.11 Å². The lowest BCUT2D eigenvalue weighted by molar-refractivity contribution is 0.0603. The number of nitrogens with two attached hydrogens (primary N) is 1. The number of hydrogen-bond donors (Lipinski definition) is 2. The summed E-state index contributed by atoms with van der Waals surface area (Å²) in [7, 11) is 1.35. The SMILES string of the molecule is CCN1CCCC(Nc2snc(N)c2C(=O)OC)C1. The van der Waals surface area contributed by atoms with Crippen LogP contribution in [0.2, 0.25) is 0 Å². The van der Waals surface area contributed by atoms with Gasteiger partial charge in [-0.2, -0.15) is 4.37 Å². The molecule has 1 saturated heterocycles. The van der Waals surface area contributed by atoms with E-state index in [4.69, 9.17) is 10.5 Å². The van der Waals surface area contributed by atoms with Crippen LogP contribution in [0.4, 0.5) is 10.8 Å². The van der Waals surface area contributed by atoms with E-state index < -0.39 is 5.97 Å². The van der Waals surface area contributed by atoms with E-state index in [-0.39, 0.29) is 5.82 Å². The monoisotopic (exact) mass is 284 g/mol. The Balaban J connectivity index is 2.08. The highest BCUT2D eigenvalue weighted by molar-refractivity contribution is 7.11. The second-order valence-electron chi connectivity index (χ2n) is 4.64. The number of carbonyl (C=O) groups is 1. The lowest BCUT2D eigenvalue weighted by Crippen LogP contribution is -2.41. The summed E-state index contributed by atoms with van der Waals surface area (Å²) in [5, 5.41) is 4.10. The summed E-state index contributed by atoms with van der Waals surface area (Å²) in [4.78, 5) is 14.1. The van der Waals surface area contributed by atoms with Gasteiger partial charge in [-0.15, -0.1) is 0 Å². The molecule has 2 rings (SSSR count). The highest BCUT2D eigenvalue weighted by Crippen LogP contribution is 2.29. The fraction of sp³-hybridized carbons (Fsp3) is 0.667. The fourth-order valence-electron chi connectivity index (χ4n) is 2.35. The van der Waals surface area contributed by atoms with Crippen molar-refractivity contribution in [2.75, 3.05) is 37.8 Å². The van der Waals surface area contributed by atoms with Crippen LogP contribution in [0.25, 0.3) is 0 Å². The second kappa shape index (κ2) is 6.21. The number of esters is 1. The predicted molar refractivity (Wildman–Crippen MR) is 76.6 cm³/mol. The number of anilines is 2. The van der Waals surface area contributed by atoms with Gasteiger partial charge < -0.3 is 20.7 Å². The zero-order valence-electron chi connectivity index (χ0n) is 11.3. The first-order valence-corrected chi connectivity index (χ1v) is 7.25. The Morgan fingerprint density at radius 3 is 3.16 bits per heavy atom. The predicted octanol–water partition coefficient (Wildman–Crippen LogP) is 1.41. The zero-order valence-corrected chi connectivity index (χ0v) is 12.1. The van der Waals surface area contributed by atoms with E-state index in [1.165, 1.54) is 18.6 Å². The molecule has 0 spiro atoms. The van der Waals surface area contributed by atoms with Gasteiger partial charge >= 0.3 is 5.97 Å². The van der Waals surface area contributed by atoms with Crippen molar-refractivity contribution in [3.63, 3.8) is 0 Å². The van der Waals surface area contributed by atoms with Gasteiger partial charge in [0, 0.05) is 12.6 Å². The third kappa shape index (κ3) is 3.16. The van der Waals surface area contributed by atoms with E-state index in [0.29, 0.717) is 16.6 Å². The molecule has 19 heavy (non-hydrogen) atoms. The van der Waals surface area contributed by atoms with Gasteiger partial charge in [0.1, 0.15) is 10.6 Å². The van der Waals surface area contributed by atoms with E-state index in [1.54, 1.807) is 0 Å². The van der Waals surface area contributed by atoms with Crippen LogP contribution in [-0.2, 0) is 4.74 Å². The van der Waals surface area contributed by atoms with Crippen LogP contribution >= 0.6 is 11.5 Å². The van der Waals surface area contributed by atoms with Crippen molar-refractivity contribution < 1.29 is 9.53 Å². The minimum absolute atomic E-state index is 0.238. The van der Waals surface area contributed by atoms with Crippen molar-refractivity contribution in [1.29, 1.82) is 0 Å². The summed E-state index contributed by atoms with van der Waals surface area (Å²) >= 11 is 1.22. The third-order valence-electron chi connectivity index (χ3n) is 3.40. The summed E-state index contributed by atoms with van der Waals surface area (Å²) < 4.78 is 8.78. The highest BCUT2D eigenvalue weighted by Gasteiger charge is 2.24. The molecule has 1 fully saturated rings. The molecule has 0 aliphatic carbocycles. The third-order valence-corrected chi connectivity index (χ3v) is 4.19. The van der Waals surface area contributed by atoms with Crippen molar-refractivity contribution in [3.05, 3.63) is 5.56 Å². The first kappa shape index (κ1) is 14.1. The number of likely N-dealkylation sites (tertiary alicyclic amines) is 1. The Morgan fingerprint density at radius 1 is 1.68 bits per heavy atom. The number of ether oxygens (including phenoxy) is 1. The number of nitrogens with one attached hydrogen (secondary N) is 1. The normalized spacial score (nSPS) is 20.2. The van der Waals surface area contributed by atoms with Gasteiger partial charge in [-0.25, -0.2) is 4.79 Å². The number of likely N-dealkylation sites (N-methyl/N-ethyl adjacent to an activating group) is 1. The van der Waals surface area contributed by atoms with Crippen LogP contribution < -0.4 is 11.1 Å². The van der Waals surface area contributed by atoms with Crippen molar-refractivity contribution in [3.8, 4) is 0 Å². The maximum atomic E-state index is 11.7. The lowest BCUT2D eigenvalue weighted by atomic mass is 10.1. The smallest absolute Gasteiger partial charge is 0.344 e. The molecule has 0 saturated carbocycles. The van der Waals surface area contributed by atoms with Gasteiger partial charge in [0.15, 0.2) is 5.82 Å². The summed E-state index contributed by atoms with van der Waals surface area (Å²) in [6, 6.07) is 0.331. The topological polar surface area (TPSA) is 80.5 Å². The van der Waals surface area contributed by atoms with Crippen molar-refractivity contribution in [2.45, 2.75) is 25.8 Å². The molecular weight excluding hydrogens is 264 g/mol. The molecular formula is C12H20N4O2S. The van der Waals surface area contributed by atoms with Crippen molar-refractivity contribution in [1.82, 2.24) is 9.27 Å². The number of nitrogen functional groups attached to an aromatic ring is 1. The Morgan fingerprint density at radius 2 is 2.47 bits per heavy atom. The first-order chi connectivity index (χ1) is 9.15. The largest absolute Gasteiger partial charge is 0.465 e. The molecule has 2 heterocycles.